The van der Waals surface area contributed by atoms with E-state index in [0.717, 1.165) is 30.5 Å². The Hall–Kier alpha value is -4.29. The summed E-state index contributed by atoms with van der Waals surface area (Å²) in [7, 11) is -2.04. The number of aromatic nitrogens is 3. The van der Waals surface area contributed by atoms with Gasteiger partial charge < -0.3 is 24.1 Å². The molecule has 3 aliphatic rings. The Kier molecular flexibility index (Phi) is 9.20. The molecule has 10 nitrogen and oxygen atoms in total. The summed E-state index contributed by atoms with van der Waals surface area (Å²) in [6.07, 6.45) is 3.23. The molecule has 12 heteroatoms. The number of carboxylic acid groups (broad SMARTS) is 1. The second kappa shape index (κ2) is 13.4. The highest BCUT2D eigenvalue weighted by molar-refractivity contribution is 6.74. The molecule has 1 N–H and O–H groups in total. The molecule has 4 aromatic rings. The monoisotopic (exact) mass is 713 g/mol. The Bertz CT molecular complexity index is 1990. The van der Waals surface area contributed by atoms with Gasteiger partial charge in [0.2, 0.25) is 0 Å². The number of hydrogen-bond donors (Lipinski definition) is 1. The molecule has 0 unspecified atom stereocenters. The van der Waals surface area contributed by atoms with Gasteiger partial charge in [-0.1, -0.05) is 45.0 Å². The Balaban J connectivity index is 1.23. The summed E-state index contributed by atoms with van der Waals surface area (Å²) in [4.78, 5) is 34.3. The molecule has 2 aromatic carbocycles. The number of carbonyl (C=O) groups excluding carboxylic acids is 1. The zero-order valence-corrected chi connectivity index (χ0v) is 31.4. The molecule has 1 amide bonds. The van der Waals surface area contributed by atoms with E-state index in [9.17, 15) is 14.7 Å². The van der Waals surface area contributed by atoms with E-state index in [1.54, 1.807) is 16.6 Å². The van der Waals surface area contributed by atoms with Crippen LogP contribution < -0.4 is 9.64 Å². The summed E-state index contributed by atoms with van der Waals surface area (Å²) in [5, 5.41) is 14.5. The summed E-state index contributed by atoms with van der Waals surface area (Å²) in [5.74, 6) is -1.48. The minimum Gasteiger partial charge on any atom is -0.490 e. The summed E-state index contributed by atoms with van der Waals surface area (Å²) in [6, 6.07) is 15.0. The van der Waals surface area contributed by atoms with Crippen LogP contribution in [0.2, 0.25) is 18.1 Å². The first-order chi connectivity index (χ1) is 24.2. The van der Waals surface area contributed by atoms with E-state index < -0.39 is 26.0 Å². The Morgan fingerprint density at radius 2 is 1.80 bits per heavy atom. The normalized spacial score (nSPS) is 19.4. The van der Waals surface area contributed by atoms with Crippen molar-refractivity contribution in [1.82, 2.24) is 19.5 Å². The zero-order chi connectivity index (χ0) is 36.2. The topological polar surface area (TPSA) is 110 Å². The summed E-state index contributed by atoms with van der Waals surface area (Å²) >= 11 is 0. The maximum Gasteiger partial charge on any atom is 0.308 e. The fraction of sp³-hybridized carbons (Fsp3) is 0.487. The van der Waals surface area contributed by atoms with Crippen LogP contribution in [0, 0.1) is 11.7 Å². The van der Waals surface area contributed by atoms with Crippen LogP contribution in [0.25, 0.3) is 16.9 Å². The largest absolute Gasteiger partial charge is 0.490 e. The maximum absolute atomic E-state index is 16.4. The van der Waals surface area contributed by atoms with Crippen molar-refractivity contribution in [2.75, 3.05) is 37.7 Å². The van der Waals surface area contributed by atoms with E-state index in [1.165, 1.54) is 11.6 Å². The van der Waals surface area contributed by atoms with Gasteiger partial charge in [0, 0.05) is 49.1 Å². The summed E-state index contributed by atoms with van der Waals surface area (Å²) < 4.78 is 30.8. The van der Waals surface area contributed by atoms with Crippen molar-refractivity contribution in [3.8, 4) is 17.0 Å². The van der Waals surface area contributed by atoms with Crippen LogP contribution in [-0.4, -0.2) is 77.6 Å². The first-order valence-electron chi connectivity index (χ1n) is 18.1. The quantitative estimate of drug-likeness (QED) is 0.133. The molecule has 270 valence electrons. The highest BCUT2D eigenvalue weighted by atomic mass is 28.4. The van der Waals surface area contributed by atoms with Crippen molar-refractivity contribution in [3.05, 3.63) is 76.9 Å². The van der Waals surface area contributed by atoms with E-state index in [1.807, 2.05) is 28.0 Å². The van der Waals surface area contributed by atoms with Gasteiger partial charge in [-0.25, -0.2) is 13.9 Å². The SMILES string of the molecule is C[C@@H]1c2ccccc2CCN1C(=O)c1cc(C2CC2)n2nc(-c3c(F)cc(N4CC[C@H](C(=O)O)C4)cc3OCCO[Si](C)(C)C(C)(C)C)cc2n1. The molecule has 0 radical (unpaired) electrons. The first kappa shape index (κ1) is 35.1. The van der Waals surface area contributed by atoms with E-state index in [-0.39, 0.29) is 35.1 Å². The molecule has 0 bridgehead atoms. The minimum atomic E-state index is -2.04. The van der Waals surface area contributed by atoms with Crippen LogP contribution in [0.4, 0.5) is 10.1 Å². The van der Waals surface area contributed by atoms with Gasteiger partial charge in [-0.05, 0) is 74.0 Å². The molecule has 7 rings (SSSR count). The van der Waals surface area contributed by atoms with Crippen LogP contribution in [0.3, 0.4) is 0 Å². The molecule has 51 heavy (non-hydrogen) atoms. The van der Waals surface area contributed by atoms with Crippen LogP contribution in [0.1, 0.15) is 86.2 Å². The number of ether oxygens (including phenoxy) is 1. The number of halogens is 1. The lowest BCUT2D eigenvalue weighted by Gasteiger charge is -2.36. The highest BCUT2D eigenvalue weighted by Gasteiger charge is 2.37. The molecule has 2 atom stereocenters. The first-order valence-corrected chi connectivity index (χ1v) is 21.0. The van der Waals surface area contributed by atoms with Crippen molar-refractivity contribution < 1.29 is 28.2 Å². The number of hydrogen-bond acceptors (Lipinski definition) is 7. The van der Waals surface area contributed by atoms with Gasteiger partial charge in [-0.15, -0.1) is 0 Å². The number of carboxylic acids is 1. The third kappa shape index (κ3) is 6.87. The van der Waals surface area contributed by atoms with Gasteiger partial charge in [0.15, 0.2) is 14.0 Å². The molecule has 1 saturated heterocycles. The van der Waals surface area contributed by atoms with E-state index in [0.29, 0.717) is 61.1 Å². The van der Waals surface area contributed by atoms with Crippen molar-refractivity contribution in [2.45, 2.75) is 83.5 Å². The van der Waals surface area contributed by atoms with Crippen LogP contribution in [-0.2, 0) is 15.6 Å². The standard InChI is InChI=1S/C39H48FN5O5Si/c1-24-29-10-8-7-9-25(29)14-16-44(24)37(46)32-21-33(26-11-12-26)45-35(41-32)22-31(42-45)36-30(40)19-28(43-15-13-27(23-43)38(47)48)20-34(36)49-17-18-50-51(5,6)39(2,3)4/h7-10,19-22,24,26-27H,11-18,23H2,1-6H3,(H,47,48)/t24-,27+/m1/s1. The van der Waals surface area contributed by atoms with Crippen LogP contribution in [0.5, 0.6) is 5.75 Å². The molecule has 2 aliphatic heterocycles. The number of benzene rings is 2. The number of rotatable bonds is 10. The summed E-state index contributed by atoms with van der Waals surface area (Å²) in [5.41, 5.74) is 5.25. The smallest absolute Gasteiger partial charge is 0.308 e. The number of nitrogens with zero attached hydrogens (tertiary/aromatic N) is 5. The predicted molar refractivity (Wildman–Crippen MR) is 197 cm³/mol. The fourth-order valence-corrected chi connectivity index (χ4v) is 8.10. The Morgan fingerprint density at radius 3 is 2.51 bits per heavy atom. The zero-order valence-electron chi connectivity index (χ0n) is 30.4. The lowest BCUT2D eigenvalue weighted by molar-refractivity contribution is -0.140. The Morgan fingerprint density at radius 1 is 1.04 bits per heavy atom. The highest BCUT2D eigenvalue weighted by Crippen LogP contribution is 2.43. The van der Waals surface area contributed by atoms with Crippen molar-refractivity contribution in [2.24, 2.45) is 5.92 Å². The van der Waals surface area contributed by atoms with E-state index in [4.69, 9.17) is 19.2 Å². The van der Waals surface area contributed by atoms with E-state index in [2.05, 4.69) is 52.9 Å². The molecule has 1 aliphatic carbocycles. The third-order valence-electron chi connectivity index (χ3n) is 11.3. The van der Waals surface area contributed by atoms with Crippen molar-refractivity contribution in [3.63, 3.8) is 0 Å². The second-order valence-corrected chi connectivity index (χ2v) is 20.6. The second-order valence-electron chi connectivity index (χ2n) is 15.8. The molecule has 4 heterocycles. The van der Waals surface area contributed by atoms with E-state index >= 15 is 4.39 Å². The average molecular weight is 714 g/mol. The van der Waals surface area contributed by atoms with Gasteiger partial charge in [-0.2, -0.15) is 5.10 Å². The van der Waals surface area contributed by atoms with Crippen LogP contribution >= 0.6 is 0 Å². The van der Waals surface area contributed by atoms with Crippen molar-refractivity contribution >= 4 is 31.5 Å². The Labute approximate surface area is 299 Å². The number of fused-ring (bicyclic) bond motifs is 2. The number of anilines is 1. The third-order valence-corrected chi connectivity index (χ3v) is 15.9. The number of aliphatic carboxylic acids is 1. The number of carbonyl (C=O) groups is 2. The van der Waals surface area contributed by atoms with Crippen LogP contribution in [0.15, 0.2) is 48.5 Å². The fourth-order valence-electron chi connectivity index (χ4n) is 7.07. The maximum atomic E-state index is 16.4. The van der Waals surface area contributed by atoms with Crippen molar-refractivity contribution in [1.29, 1.82) is 0 Å². The molecule has 2 fully saturated rings. The lowest BCUT2D eigenvalue weighted by Crippen LogP contribution is -2.41. The van der Waals surface area contributed by atoms with Gasteiger partial charge in [-0.3, -0.25) is 9.59 Å². The van der Waals surface area contributed by atoms with Gasteiger partial charge in [0.25, 0.3) is 5.91 Å². The van der Waals surface area contributed by atoms with Gasteiger partial charge in [0.1, 0.15) is 29.6 Å². The lowest BCUT2D eigenvalue weighted by atomic mass is 9.93. The average Bonchev–Trinajstić information content (AvgIpc) is 3.64. The molecule has 0 spiro atoms. The summed E-state index contributed by atoms with van der Waals surface area (Å²) in [6.45, 7) is 14.9. The minimum absolute atomic E-state index is 0.0280. The molecule has 1 saturated carbocycles. The van der Waals surface area contributed by atoms with Gasteiger partial charge >= 0.3 is 5.97 Å². The molecular formula is C39H48FN5O5Si. The number of amides is 1. The van der Waals surface area contributed by atoms with Gasteiger partial charge in [0.05, 0.1) is 24.1 Å². The molecule has 2 aromatic heterocycles. The molecular weight excluding hydrogens is 666 g/mol. The predicted octanol–water partition coefficient (Wildman–Crippen LogP) is 7.48.